The Bertz CT molecular complexity index is 311. The highest BCUT2D eigenvalue weighted by atomic mass is 32.1. The molecule has 0 bridgehead atoms. The minimum absolute atomic E-state index is 0.0147. The van der Waals surface area contributed by atoms with Gasteiger partial charge < -0.3 is 16.0 Å². The predicted octanol–water partition coefficient (Wildman–Crippen LogP) is 1.29. The first-order valence-corrected chi connectivity index (χ1v) is 7.20. The number of hydrogen-bond donors (Lipinski definition) is 2. The molecular formula is C13H25N3OS. The van der Waals surface area contributed by atoms with E-state index in [1.807, 2.05) is 6.92 Å². The zero-order valence-corrected chi connectivity index (χ0v) is 12.5. The summed E-state index contributed by atoms with van der Waals surface area (Å²) < 4.78 is 0. The molecule has 1 aliphatic rings. The average Bonchev–Trinajstić information content (AvgIpc) is 2.23. The quantitative estimate of drug-likeness (QED) is 0.685. The Morgan fingerprint density at radius 1 is 1.44 bits per heavy atom. The van der Waals surface area contributed by atoms with Crippen molar-refractivity contribution in [2.24, 2.45) is 11.1 Å². The van der Waals surface area contributed by atoms with Gasteiger partial charge in [-0.15, -0.1) is 0 Å². The second-order valence-corrected chi connectivity index (χ2v) is 5.60. The smallest absolute Gasteiger partial charge is 0.233 e. The van der Waals surface area contributed by atoms with E-state index >= 15 is 0 Å². The van der Waals surface area contributed by atoms with Gasteiger partial charge in [0.05, 0.1) is 10.4 Å². The van der Waals surface area contributed by atoms with E-state index in [2.05, 4.69) is 24.1 Å². The predicted molar refractivity (Wildman–Crippen MR) is 78.5 cm³/mol. The van der Waals surface area contributed by atoms with Crippen molar-refractivity contribution in [2.75, 3.05) is 19.6 Å². The SMILES string of the molecule is CCN(CC)CC(C)NC(=O)C1(C(N)=S)CCC1. The normalized spacial score (nSPS) is 19.1. The van der Waals surface area contributed by atoms with E-state index in [0.29, 0.717) is 4.99 Å². The van der Waals surface area contributed by atoms with E-state index in [0.717, 1.165) is 38.9 Å². The van der Waals surface area contributed by atoms with Gasteiger partial charge in [-0.3, -0.25) is 4.79 Å². The summed E-state index contributed by atoms with van der Waals surface area (Å²) in [4.78, 5) is 14.9. The molecule has 3 N–H and O–H groups in total. The second kappa shape index (κ2) is 6.48. The van der Waals surface area contributed by atoms with Crippen LogP contribution < -0.4 is 11.1 Å². The van der Waals surface area contributed by atoms with E-state index in [4.69, 9.17) is 18.0 Å². The Hall–Kier alpha value is -0.680. The van der Waals surface area contributed by atoms with Crippen molar-refractivity contribution in [2.45, 2.75) is 46.1 Å². The lowest BCUT2D eigenvalue weighted by Gasteiger charge is -2.40. The van der Waals surface area contributed by atoms with Crippen molar-refractivity contribution in [1.29, 1.82) is 0 Å². The fourth-order valence-electron chi connectivity index (χ4n) is 2.39. The van der Waals surface area contributed by atoms with Gasteiger partial charge in [0, 0.05) is 12.6 Å². The first kappa shape index (κ1) is 15.4. The summed E-state index contributed by atoms with van der Waals surface area (Å²) in [6.45, 7) is 9.14. The molecule has 1 saturated carbocycles. The molecule has 18 heavy (non-hydrogen) atoms. The molecule has 1 atom stereocenters. The molecule has 0 aromatic rings. The van der Waals surface area contributed by atoms with Gasteiger partial charge in [0.1, 0.15) is 0 Å². The molecule has 104 valence electrons. The number of nitrogens with two attached hydrogens (primary N) is 1. The number of nitrogens with zero attached hydrogens (tertiary/aromatic N) is 1. The minimum Gasteiger partial charge on any atom is -0.392 e. The molecule has 0 spiro atoms. The van der Waals surface area contributed by atoms with Gasteiger partial charge in [-0.2, -0.15) is 0 Å². The van der Waals surface area contributed by atoms with Gasteiger partial charge in [0.15, 0.2) is 0 Å². The third-order valence-corrected chi connectivity index (χ3v) is 4.31. The molecule has 0 aromatic carbocycles. The molecule has 1 unspecified atom stereocenters. The molecule has 0 heterocycles. The molecule has 1 rings (SSSR count). The lowest BCUT2D eigenvalue weighted by molar-refractivity contribution is -0.131. The van der Waals surface area contributed by atoms with Gasteiger partial charge in [0.25, 0.3) is 0 Å². The van der Waals surface area contributed by atoms with E-state index < -0.39 is 5.41 Å². The fraction of sp³-hybridized carbons (Fsp3) is 0.846. The number of amides is 1. The Labute approximate surface area is 115 Å². The van der Waals surface area contributed by atoms with Crippen LogP contribution in [0, 0.1) is 5.41 Å². The average molecular weight is 271 g/mol. The van der Waals surface area contributed by atoms with Gasteiger partial charge in [-0.1, -0.05) is 32.5 Å². The first-order valence-electron chi connectivity index (χ1n) is 6.79. The van der Waals surface area contributed by atoms with Crippen molar-refractivity contribution in [3.8, 4) is 0 Å². The number of rotatable bonds is 7. The molecule has 1 aliphatic carbocycles. The number of carbonyl (C=O) groups excluding carboxylic acids is 1. The first-order chi connectivity index (χ1) is 8.46. The standard InChI is InChI=1S/C13H25N3OS/c1-4-16(5-2)9-10(3)15-12(17)13(11(14)18)7-6-8-13/h10H,4-9H2,1-3H3,(H2,14,18)(H,15,17). The zero-order valence-electron chi connectivity index (χ0n) is 11.7. The van der Waals surface area contributed by atoms with Crippen LogP contribution in [0.2, 0.25) is 0 Å². The molecule has 0 aromatic heterocycles. The fourth-order valence-corrected chi connectivity index (χ4v) is 2.69. The van der Waals surface area contributed by atoms with Crippen LogP contribution in [0.1, 0.15) is 40.0 Å². The molecule has 5 heteroatoms. The number of nitrogens with one attached hydrogen (secondary N) is 1. The molecule has 4 nitrogen and oxygen atoms in total. The van der Waals surface area contributed by atoms with Gasteiger partial charge in [-0.25, -0.2) is 0 Å². The maximum atomic E-state index is 12.3. The highest BCUT2D eigenvalue weighted by molar-refractivity contribution is 7.80. The Morgan fingerprint density at radius 2 is 2.00 bits per heavy atom. The van der Waals surface area contributed by atoms with Gasteiger partial charge >= 0.3 is 0 Å². The molecular weight excluding hydrogens is 246 g/mol. The number of likely N-dealkylation sites (N-methyl/N-ethyl adjacent to an activating group) is 1. The van der Waals surface area contributed by atoms with Crippen LogP contribution in [-0.4, -0.2) is 41.5 Å². The maximum absolute atomic E-state index is 12.3. The summed E-state index contributed by atoms with van der Waals surface area (Å²) in [6.07, 6.45) is 2.63. The van der Waals surface area contributed by atoms with Crippen LogP contribution in [-0.2, 0) is 4.79 Å². The van der Waals surface area contributed by atoms with Crippen LogP contribution in [0.4, 0.5) is 0 Å². The van der Waals surface area contributed by atoms with E-state index in [9.17, 15) is 4.79 Å². The van der Waals surface area contributed by atoms with Crippen LogP contribution in [0.25, 0.3) is 0 Å². The van der Waals surface area contributed by atoms with Crippen molar-refractivity contribution >= 4 is 23.1 Å². The minimum atomic E-state index is -0.563. The highest BCUT2D eigenvalue weighted by Crippen LogP contribution is 2.41. The molecule has 1 amide bonds. The van der Waals surface area contributed by atoms with Crippen LogP contribution in [0.15, 0.2) is 0 Å². The third-order valence-electron chi connectivity index (χ3n) is 3.92. The summed E-state index contributed by atoms with van der Waals surface area (Å²) in [7, 11) is 0. The summed E-state index contributed by atoms with van der Waals surface area (Å²) in [6, 6.07) is 0.129. The van der Waals surface area contributed by atoms with Gasteiger partial charge in [0.2, 0.25) is 5.91 Å². The highest BCUT2D eigenvalue weighted by Gasteiger charge is 2.47. The maximum Gasteiger partial charge on any atom is 0.233 e. The number of thiocarbonyl (C=S) groups is 1. The largest absolute Gasteiger partial charge is 0.392 e. The molecule has 0 saturated heterocycles. The summed E-state index contributed by atoms with van der Waals surface area (Å²) in [5, 5.41) is 3.06. The zero-order chi connectivity index (χ0) is 13.8. The molecule has 0 radical (unpaired) electrons. The molecule has 1 fully saturated rings. The third kappa shape index (κ3) is 3.20. The van der Waals surface area contributed by atoms with E-state index in [1.165, 1.54) is 0 Å². The van der Waals surface area contributed by atoms with E-state index in [-0.39, 0.29) is 11.9 Å². The Morgan fingerprint density at radius 3 is 2.33 bits per heavy atom. The van der Waals surface area contributed by atoms with Crippen molar-refractivity contribution in [3.05, 3.63) is 0 Å². The van der Waals surface area contributed by atoms with Crippen LogP contribution in [0.5, 0.6) is 0 Å². The van der Waals surface area contributed by atoms with Crippen LogP contribution in [0.3, 0.4) is 0 Å². The van der Waals surface area contributed by atoms with Crippen molar-refractivity contribution in [1.82, 2.24) is 10.2 Å². The Kier molecular flexibility index (Phi) is 5.53. The number of hydrogen-bond acceptors (Lipinski definition) is 3. The van der Waals surface area contributed by atoms with Gasteiger partial charge in [-0.05, 0) is 32.9 Å². The van der Waals surface area contributed by atoms with Crippen molar-refractivity contribution < 1.29 is 4.79 Å². The summed E-state index contributed by atoms with van der Waals surface area (Å²) >= 11 is 5.05. The summed E-state index contributed by atoms with van der Waals surface area (Å²) in [5.74, 6) is 0.0147. The second-order valence-electron chi connectivity index (χ2n) is 5.16. The number of carbonyl (C=O) groups is 1. The summed E-state index contributed by atoms with van der Waals surface area (Å²) in [5.41, 5.74) is 5.16. The topological polar surface area (TPSA) is 58.4 Å². The molecule has 0 aliphatic heterocycles. The van der Waals surface area contributed by atoms with E-state index in [1.54, 1.807) is 0 Å². The van der Waals surface area contributed by atoms with Crippen molar-refractivity contribution in [3.63, 3.8) is 0 Å². The van der Waals surface area contributed by atoms with Crippen LogP contribution >= 0.6 is 12.2 Å². The lowest BCUT2D eigenvalue weighted by atomic mass is 9.68. The monoisotopic (exact) mass is 271 g/mol. The Balaban J connectivity index is 2.51. The lowest BCUT2D eigenvalue weighted by Crippen LogP contribution is -2.56.